The number of hydrogen-bond acceptors (Lipinski definition) is 6. The molecule has 186 valence electrons. The maximum Gasteiger partial charge on any atom is 0.295 e. The average molecular weight is 552 g/mol. The Bertz CT molecular complexity index is 1320. The molecule has 3 aromatic rings. The summed E-state index contributed by atoms with van der Waals surface area (Å²) < 4.78 is 17.1. The van der Waals surface area contributed by atoms with Crippen molar-refractivity contribution in [3.63, 3.8) is 0 Å². The topological polar surface area (TPSA) is 85.3 Å². The Morgan fingerprint density at radius 3 is 2.22 bits per heavy atom. The maximum atomic E-state index is 13.3. The number of likely N-dealkylation sites (tertiary alicyclic amines) is 1. The molecule has 1 aliphatic heterocycles. The highest BCUT2D eigenvalue weighted by molar-refractivity contribution is 9.10. The minimum Gasteiger partial charge on any atom is -0.507 e. The Morgan fingerprint density at radius 2 is 1.56 bits per heavy atom. The molecular formula is C28H26BrNO6. The van der Waals surface area contributed by atoms with Crippen LogP contribution in [0.1, 0.15) is 22.7 Å². The van der Waals surface area contributed by atoms with Crippen molar-refractivity contribution in [1.29, 1.82) is 0 Å². The third kappa shape index (κ3) is 4.81. The molecule has 7 nitrogen and oxygen atoms in total. The van der Waals surface area contributed by atoms with Crippen LogP contribution in [0, 0.1) is 0 Å². The average Bonchev–Trinajstić information content (AvgIpc) is 3.16. The second-order valence-corrected chi connectivity index (χ2v) is 9.10. The number of halogens is 1. The van der Waals surface area contributed by atoms with Gasteiger partial charge in [0, 0.05) is 22.1 Å². The van der Waals surface area contributed by atoms with Crippen molar-refractivity contribution in [3.8, 4) is 17.2 Å². The van der Waals surface area contributed by atoms with Crippen molar-refractivity contribution in [1.82, 2.24) is 4.90 Å². The Morgan fingerprint density at radius 1 is 0.889 bits per heavy atom. The van der Waals surface area contributed by atoms with Gasteiger partial charge in [-0.25, -0.2) is 0 Å². The predicted molar refractivity (Wildman–Crippen MR) is 139 cm³/mol. The van der Waals surface area contributed by atoms with Crippen molar-refractivity contribution in [2.45, 2.75) is 12.5 Å². The van der Waals surface area contributed by atoms with Crippen LogP contribution in [0.2, 0.25) is 0 Å². The Labute approximate surface area is 218 Å². The van der Waals surface area contributed by atoms with Gasteiger partial charge in [-0.3, -0.25) is 9.59 Å². The third-order valence-electron chi connectivity index (χ3n) is 6.18. The Hall–Kier alpha value is -3.78. The van der Waals surface area contributed by atoms with Crippen LogP contribution in [-0.4, -0.2) is 49.6 Å². The number of aliphatic hydroxyl groups excluding tert-OH is 1. The smallest absolute Gasteiger partial charge is 0.295 e. The van der Waals surface area contributed by atoms with Crippen molar-refractivity contribution >= 4 is 33.4 Å². The maximum absolute atomic E-state index is 13.3. The van der Waals surface area contributed by atoms with E-state index >= 15 is 0 Å². The SMILES string of the molecule is COc1ccc(CCN2C(=O)C(=O)/C(=C(\O)c3ccc(Br)cc3)C2c2ccccc2OC)cc1OC. The lowest BCUT2D eigenvalue weighted by Gasteiger charge is -2.26. The van der Waals surface area contributed by atoms with E-state index in [9.17, 15) is 14.7 Å². The molecule has 0 saturated carbocycles. The number of rotatable bonds is 8. The molecular weight excluding hydrogens is 526 g/mol. The summed E-state index contributed by atoms with van der Waals surface area (Å²) >= 11 is 3.38. The molecule has 36 heavy (non-hydrogen) atoms. The van der Waals surface area contributed by atoms with Crippen molar-refractivity contribution in [2.24, 2.45) is 0 Å². The molecule has 0 spiro atoms. The molecule has 1 heterocycles. The summed E-state index contributed by atoms with van der Waals surface area (Å²) in [7, 11) is 4.66. The number of ether oxygens (including phenoxy) is 3. The van der Waals surface area contributed by atoms with E-state index < -0.39 is 17.7 Å². The molecule has 1 fully saturated rings. The molecule has 8 heteroatoms. The van der Waals surface area contributed by atoms with Gasteiger partial charge in [-0.2, -0.15) is 0 Å². The van der Waals surface area contributed by atoms with Crippen LogP contribution < -0.4 is 14.2 Å². The van der Waals surface area contributed by atoms with E-state index in [-0.39, 0.29) is 17.9 Å². The summed E-state index contributed by atoms with van der Waals surface area (Å²) in [5.74, 6) is 0.0510. The first kappa shape index (κ1) is 25.3. The molecule has 0 radical (unpaired) electrons. The van der Waals surface area contributed by atoms with Crippen molar-refractivity contribution < 1.29 is 28.9 Å². The molecule has 0 aromatic heterocycles. The number of nitrogens with zero attached hydrogens (tertiary/aromatic N) is 1. The Kier molecular flexibility index (Phi) is 7.64. The number of para-hydroxylation sites is 1. The highest BCUT2D eigenvalue weighted by Gasteiger charge is 2.46. The zero-order valence-corrected chi connectivity index (χ0v) is 21.7. The fourth-order valence-corrected chi connectivity index (χ4v) is 4.64. The molecule has 1 N–H and O–H groups in total. The van der Waals surface area contributed by atoms with E-state index in [0.29, 0.717) is 34.8 Å². The number of methoxy groups -OCH3 is 3. The predicted octanol–water partition coefficient (Wildman–Crippen LogP) is 5.14. The number of benzene rings is 3. The van der Waals surface area contributed by atoms with E-state index in [1.165, 1.54) is 12.0 Å². The van der Waals surface area contributed by atoms with Gasteiger partial charge in [0.05, 0.1) is 32.9 Å². The second-order valence-electron chi connectivity index (χ2n) is 8.18. The number of aliphatic hydroxyl groups is 1. The largest absolute Gasteiger partial charge is 0.507 e. The highest BCUT2D eigenvalue weighted by atomic mass is 79.9. The zero-order chi connectivity index (χ0) is 25.8. The van der Waals surface area contributed by atoms with Crippen LogP contribution in [-0.2, 0) is 16.0 Å². The van der Waals surface area contributed by atoms with Gasteiger partial charge < -0.3 is 24.2 Å². The first-order valence-corrected chi connectivity index (χ1v) is 12.1. The lowest BCUT2D eigenvalue weighted by Crippen LogP contribution is -2.31. The normalized spacial score (nSPS) is 16.8. The molecule has 1 atom stereocenters. The van der Waals surface area contributed by atoms with Gasteiger partial charge in [0.15, 0.2) is 11.5 Å². The molecule has 1 aliphatic rings. The fourth-order valence-electron chi connectivity index (χ4n) is 4.38. The standard InChI is InChI=1S/C28H26BrNO6/c1-34-21-7-5-4-6-20(21)25-24(26(31)18-9-11-19(29)12-10-18)27(32)28(33)30(25)15-14-17-8-13-22(35-2)23(16-17)36-3/h4-13,16,25,31H,14-15H2,1-3H3/b26-24-. The minimum atomic E-state index is -0.815. The molecule has 1 amide bonds. The summed E-state index contributed by atoms with van der Waals surface area (Å²) in [4.78, 5) is 28.0. The van der Waals surface area contributed by atoms with Crippen LogP contribution in [0.3, 0.4) is 0 Å². The molecule has 0 aliphatic carbocycles. The summed E-state index contributed by atoms with van der Waals surface area (Å²) in [6.45, 7) is 0.236. The van der Waals surface area contributed by atoms with Crippen molar-refractivity contribution in [3.05, 3.63) is 93.5 Å². The van der Waals surface area contributed by atoms with Crippen LogP contribution in [0.25, 0.3) is 5.76 Å². The van der Waals surface area contributed by atoms with Gasteiger partial charge in [0.25, 0.3) is 11.7 Å². The summed E-state index contributed by atoms with van der Waals surface area (Å²) in [5.41, 5.74) is 1.99. The van der Waals surface area contributed by atoms with Crippen LogP contribution in [0.4, 0.5) is 0 Å². The van der Waals surface area contributed by atoms with Gasteiger partial charge in [-0.15, -0.1) is 0 Å². The van der Waals surface area contributed by atoms with Crippen LogP contribution in [0.5, 0.6) is 17.2 Å². The lowest BCUT2D eigenvalue weighted by atomic mass is 9.94. The van der Waals surface area contributed by atoms with Gasteiger partial charge in [-0.05, 0) is 42.3 Å². The number of carbonyl (C=O) groups is 2. The lowest BCUT2D eigenvalue weighted by molar-refractivity contribution is -0.139. The second kappa shape index (κ2) is 10.9. The number of Topliss-reactive ketones (excluding diaryl/α,β-unsaturated/α-hetero) is 1. The summed E-state index contributed by atoms with van der Waals surface area (Å²) in [6.07, 6.45) is 0.456. The van der Waals surface area contributed by atoms with Gasteiger partial charge >= 0.3 is 0 Å². The van der Waals surface area contributed by atoms with E-state index in [1.807, 2.05) is 24.3 Å². The molecule has 4 rings (SSSR count). The summed E-state index contributed by atoms with van der Waals surface area (Å²) in [5, 5.41) is 11.2. The molecule has 1 unspecified atom stereocenters. The van der Waals surface area contributed by atoms with Crippen molar-refractivity contribution in [2.75, 3.05) is 27.9 Å². The number of carbonyl (C=O) groups excluding carboxylic acids is 2. The van der Waals surface area contributed by atoms with Crippen LogP contribution in [0.15, 0.2) is 76.8 Å². The van der Waals surface area contributed by atoms with Gasteiger partial charge in [0.2, 0.25) is 0 Å². The van der Waals surface area contributed by atoms with E-state index in [0.717, 1.165) is 10.0 Å². The zero-order valence-electron chi connectivity index (χ0n) is 20.2. The van der Waals surface area contributed by atoms with E-state index in [1.54, 1.807) is 56.7 Å². The van der Waals surface area contributed by atoms with Gasteiger partial charge in [0.1, 0.15) is 11.5 Å². The molecule has 0 bridgehead atoms. The quantitative estimate of drug-likeness (QED) is 0.237. The summed E-state index contributed by atoms with van der Waals surface area (Å²) in [6, 6.07) is 18.8. The minimum absolute atomic E-state index is 0.0270. The number of ketones is 1. The third-order valence-corrected chi connectivity index (χ3v) is 6.71. The van der Waals surface area contributed by atoms with Crippen LogP contribution >= 0.6 is 15.9 Å². The Balaban J connectivity index is 1.77. The van der Waals surface area contributed by atoms with E-state index in [4.69, 9.17) is 14.2 Å². The number of amides is 1. The fraction of sp³-hybridized carbons (Fsp3) is 0.214. The molecule has 1 saturated heterocycles. The van der Waals surface area contributed by atoms with Gasteiger partial charge in [-0.1, -0.05) is 52.3 Å². The molecule has 3 aromatic carbocycles. The monoisotopic (exact) mass is 551 g/mol. The first-order chi connectivity index (χ1) is 17.4. The number of hydrogen-bond donors (Lipinski definition) is 1. The highest BCUT2D eigenvalue weighted by Crippen LogP contribution is 2.42. The first-order valence-electron chi connectivity index (χ1n) is 11.3. The van der Waals surface area contributed by atoms with E-state index in [2.05, 4.69) is 15.9 Å².